The van der Waals surface area contributed by atoms with Crippen molar-refractivity contribution in [1.82, 2.24) is 0 Å². The van der Waals surface area contributed by atoms with Crippen LogP contribution in [0.1, 0.15) is 16.7 Å². The molecule has 0 fully saturated rings. The molecule has 0 N–H and O–H groups in total. The molecule has 26 heavy (non-hydrogen) atoms. The Morgan fingerprint density at radius 2 is 1.92 bits per heavy atom. The fourth-order valence-electron chi connectivity index (χ4n) is 2.70. The van der Waals surface area contributed by atoms with Crippen LogP contribution in [0.5, 0.6) is 0 Å². The molecule has 0 radical (unpaired) electrons. The number of hydrogen-bond donors (Lipinski definition) is 0. The predicted octanol–water partition coefficient (Wildman–Crippen LogP) is 4.10. The van der Waals surface area contributed by atoms with Crippen LogP contribution in [0.15, 0.2) is 68.6 Å². The number of aliphatic imine (C=N–C) groups is 1. The lowest BCUT2D eigenvalue weighted by Gasteiger charge is -2.02. The van der Waals surface area contributed by atoms with Gasteiger partial charge in [-0.3, -0.25) is 4.79 Å². The highest BCUT2D eigenvalue weighted by molar-refractivity contribution is 6.31. The van der Waals surface area contributed by atoms with E-state index in [0.29, 0.717) is 16.0 Å². The SMILES string of the molecule is Cc1ccccc1C1=N/C(=C\c2coc3ccc(Cl)cc3c2=O)C(=O)O1. The average Bonchev–Trinajstić information content (AvgIpc) is 2.98. The van der Waals surface area contributed by atoms with Gasteiger partial charge in [-0.25, -0.2) is 9.79 Å². The summed E-state index contributed by atoms with van der Waals surface area (Å²) in [5.74, 6) is -0.401. The second-order valence-electron chi connectivity index (χ2n) is 5.81. The first-order valence-electron chi connectivity index (χ1n) is 7.82. The van der Waals surface area contributed by atoms with E-state index in [4.69, 9.17) is 20.8 Å². The number of ether oxygens (including phenoxy) is 1. The van der Waals surface area contributed by atoms with E-state index < -0.39 is 5.97 Å². The van der Waals surface area contributed by atoms with Crippen LogP contribution < -0.4 is 5.43 Å². The number of hydrogen-bond acceptors (Lipinski definition) is 5. The van der Waals surface area contributed by atoms with Crippen molar-refractivity contribution in [2.24, 2.45) is 4.99 Å². The van der Waals surface area contributed by atoms with Crippen LogP contribution in [0.2, 0.25) is 5.02 Å². The van der Waals surface area contributed by atoms with Gasteiger partial charge >= 0.3 is 5.97 Å². The molecule has 1 aliphatic rings. The zero-order valence-electron chi connectivity index (χ0n) is 13.7. The van der Waals surface area contributed by atoms with Gasteiger partial charge in [-0.1, -0.05) is 29.8 Å². The summed E-state index contributed by atoms with van der Waals surface area (Å²) >= 11 is 5.95. The maximum absolute atomic E-state index is 12.6. The van der Waals surface area contributed by atoms with Gasteiger partial charge in [0, 0.05) is 10.6 Å². The molecule has 0 spiro atoms. The van der Waals surface area contributed by atoms with Crippen molar-refractivity contribution in [3.8, 4) is 0 Å². The Hall–Kier alpha value is -3.18. The second kappa shape index (κ2) is 6.28. The molecule has 0 amide bonds. The molecule has 2 heterocycles. The Labute approximate surface area is 153 Å². The zero-order valence-corrected chi connectivity index (χ0v) is 14.4. The number of nitrogens with zero attached hydrogens (tertiary/aromatic N) is 1. The topological polar surface area (TPSA) is 68.9 Å². The summed E-state index contributed by atoms with van der Waals surface area (Å²) in [5, 5.41) is 0.760. The third kappa shape index (κ3) is 2.82. The number of cyclic esters (lactones) is 1. The zero-order chi connectivity index (χ0) is 18.3. The minimum absolute atomic E-state index is 0.0388. The van der Waals surface area contributed by atoms with Crippen LogP contribution in [0.25, 0.3) is 17.0 Å². The minimum Gasteiger partial charge on any atom is -0.463 e. The summed E-state index contributed by atoms with van der Waals surface area (Å²) in [6.45, 7) is 1.90. The molecule has 0 saturated heterocycles. The number of carbonyl (C=O) groups is 1. The van der Waals surface area contributed by atoms with Crippen LogP contribution in [-0.2, 0) is 9.53 Å². The maximum Gasteiger partial charge on any atom is 0.363 e. The maximum atomic E-state index is 12.6. The molecule has 4 rings (SSSR count). The smallest absolute Gasteiger partial charge is 0.363 e. The van der Waals surface area contributed by atoms with Crippen molar-refractivity contribution >= 4 is 40.5 Å². The number of rotatable bonds is 2. The lowest BCUT2D eigenvalue weighted by molar-refractivity contribution is -0.129. The quantitative estimate of drug-likeness (QED) is 0.506. The van der Waals surface area contributed by atoms with Crippen LogP contribution in [0.4, 0.5) is 0 Å². The van der Waals surface area contributed by atoms with Gasteiger partial charge < -0.3 is 9.15 Å². The van der Waals surface area contributed by atoms with Crippen molar-refractivity contribution in [2.75, 3.05) is 0 Å². The predicted molar refractivity (Wildman–Crippen MR) is 99.3 cm³/mol. The highest BCUT2D eigenvalue weighted by Crippen LogP contribution is 2.22. The Bertz CT molecular complexity index is 1170. The van der Waals surface area contributed by atoms with Crippen LogP contribution >= 0.6 is 11.6 Å². The lowest BCUT2D eigenvalue weighted by Crippen LogP contribution is -2.08. The van der Waals surface area contributed by atoms with Crippen LogP contribution in [0.3, 0.4) is 0 Å². The van der Waals surface area contributed by atoms with E-state index in [0.717, 1.165) is 11.1 Å². The molecule has 6 heteroatoms. The van der Waals surface area contributed by atoms with Gasteiger partial charge in [-0.15, -0.1) is 0 Å². The van der Waals surface area contributed by atoms with E-state index in [1.165, 1.54) is 18.4 Å². The van der Waals surface area contributed by atoms with Gasteiger partial charge in [-0.2, -0.15) is 0 Å². The van der Waals surface area contributed by atoms with Crippen LogP contribution in [-0.4, -0.2) is 11.9 Å². The standard InChI is InChI=1S/C20H12ClNO4/c1-11-4-2-3-5-14(11)19-22-16(20(24)26-19)8-12-10-25-17-7-6-13(21)9-15(17)18(12)23/h2-10H,1H3/b16-8-. The minimum atomic E-state index is -0.617. The van der Waals surface area contributed by atoms with E-state index in [-0.39, 0.29) is 22.6 Å². The fraction of sp³-hybridized carbons (Fsp3) is 0.0500. The van der Waals surface area contributed by atoms with Crippen molar-refractivity contribution < 1.29 is 13.9 Å². The molecular formula is C20H12ClNO4. The van der Waals surface area contributed by atoms with Crippen LogP contribution in [0, 0.1) is 6.92 Å². The molecule has 128 valence electrons. The first kappa shape index (κ1) is 16.3. The number of halogens is 1. The molecule has 0 aliphatic carbocycles. The molecule has 1 aliphatic heterocycles. The van der Waals surface area contributed by atoms with E-state index in [1.54, 1.807) is 12.1 Å². The third-order valence-electron chi connectivity index (χ3n) is 4.05. The largest absolute Gasteiger partial charge is 0.463 e. The average molecular weight is 366 g/mol. The molecule has 0 saturated carbocycles. The highest BCUT2D eigenvalue weighted by atomic mass is 35.5. The summed E-state index contributed by atoms with van der Waals surface area (Å²) in [5.41, 5.74) is 2.01. The van der Waals surface area contributed by atoms with Gasteiger partial charge in [0.15, 0.2) is 11.1 Å². The van der Waals surface area contributed by atoms with Gasteiger partial charge in [0.25, 0.3) is 0 Å². The molecule has 5 nitrogen and oxygen atoms in total. The molecule has 2 aromatic carbocycles. The lowest BCUT2D eigenvalue weighted by atomic mass is 10.1. The van der Waals surface area contributed by atoms with Crippen molar-refractivity contribution in [1.29, 1.82) is 0 Å². The Kier molecular flexibility index (Phi) is 3.93. The first-order chi connectivity index (χ1) is 12.5. The fourth-order valence-corrected chi connectivity index (χ4v) is 2.87. The highest BCUT2D eigenvalue weighted by Gasteiger charge is 2.25. The number of carbonyl (C=O) groups excluding carboxylic acids is 1. The van der Waals surface area contributed by atoms with Crippen molar-refractivity contribution in [3.05, 3.63) is 86.4 Å². The Balaban J connectivity index is 1.80. The van der Waals surface area contributed by atoms with E-state index in [2.05, 4.69) is 4.99 Å². The number of esters is 1. The number of aryl methyl sites for hydroxylation is 1. The Morgan fingerprint density at radius 3 is 2.73 bits per heavy atom. The van der Waals surface area contributed by atoms with E-state index in [1.807, 2.05) is 31.2 Å². The van der Waals surface area contributed by atoms with E-state index in [9.17, 15) is 9.59 Å². The van der Waals surface area contributed by atoms with Gasteiger partial charge in [0.05, 0.1) is 10.9 Å². The van der Waals surface area contributed by atoms with Crippen molar-refractivity contribution in [2.45, 2.75) is 6.92 Å². The molecular weight excluding hydrogens is 354 g/mol. The monoisotopic (exact) mass is 365 g/mol. The summed E-state index contributed by atoms with van der Waals surface area (Å²) in [4.78, 5) is 29.0. The number of fused-ring (bicyclic) bond motifs is 1. The summed E-state index contributed by atoms with van der Waals surface area (Å²) in [7, 11) is 0. The second-order valence-corrected chi connectivity index (χ2v) is 6.25. The molecule has 0 atom stereocenters. The normalized spacial score (nSPS) is 15.4. The third-order valence-corrected chi connectivity index (χ3v) is 4.28. The molecule has 0 bridgehead atoms. The number of benzene rings is 2. The van der Waals surface area contributed by atoms with E-state index >= 15 is 0 Å². The molecule has 0 unspecified atom stereocenters. The summed E-state index contributed by atoms with van der Waals surface area (Å²) in [6.07, 6.45) is 2.65. The van der Waals surface area contributed by atoms with Crippen molar-refractivity contribution in [3.63, 3.8) is 0 Å². The first-order valence-corrected chi connectivity index (χ1v) is 8.20. The Morgan fingerprint density at radius 1 is 1.12 bits per heavy atom. The van der Waals surface area contributed by atoms with Gasteiger partial charge in [0.2, 0.25) is 5.90 Å². The molecule has 1 aromatic heterocycles. The summed E-state index contributed by atoms with van der Waals surface area (Å²) < 4.78 is 10.7. The van der Waals surface area contributed by atoms with Gasteiger partial charge in [0.1, 0.15) is 11.8 Å². The molecule has 3 aromatic rings. The van der Waals surface area contributed by atoms with Gasteiger partial charge in [-0.05, 0) is 42.8 Å². The summed E-state index contributed by atoms with van der Waals surface area (Å²) in [6, 6.07) is 12.2.